The van der Waals surface area contributed by atoms with E-state index >= 15 is 0 Å². The fourth-order valence-electron chi connectivity index (χ4n) is 3.05. The molecule has 3 N–H and O–H groups in total. The molecule has 0 aliphatic carbocycles. The molecule has 0 radical (unpaired) electrons. The number of hydrogen-bond donors (Lipinski definition) is 3. The molecule has 182 valence electrons. The largest absolute Gasteiger partial charge is 0.418 e. The van der Waals surface area contributed by atoms with Crippen LogP contribution in [0.4, 0.5) is 19.0 Å². The number of anilines is 1. The number of hydrogen-bond acceptors (Lipinski definition) is 9. The third-order valence-electron chi connectivity index (χ3n) is 4.83. The van der Waals surface area contributed by atoms with E-state index in [1.165, 1.54) is 12.5 Å². The third kappa shape index (κ3) is 5.71. The van der Waals surface area contributed by atoms with Crippen LogP contribution < -0.4 is 16.1 Å². The van der Waals surface area contributed by atoms with Gasteiger partial charge >= 0.3 is 6.18 Å². The monoisotopic (exact) mass is 524 g/mol. The number of carbonyl (C=O) groups is 2. The number of rotatable bonds is 6. The smallest absolute Gasteiger partial charge is 0.342 e. The summed E-state index contributed by atoms with van der Waals surface area (Å²) in [5.74, 6) is -1.55. The first-order chi connectivity index (χ1) is 16.6. The van der Waals surface area contributed by atoms with Crippen LogP contribution in [0, 0.1) is 0 Å². The maximum absolute atomic E-state index is 13.0. The number of halogens is 4. The topological polar surface area (TPSA) is 134 Å². The molecule has 0 saturated carbocycles. The number of aromatic nitrogens is 4. The lowest BCUT2D eigenvalue weighted by atomic mass is 10.1. The van der Waals surface area contributed by atoms with Gasteiger partial charge < -0.3 is 16.1 Å². The molecule has 4 rings (SSSR count). The summed E-state index contributed by atoms with van der Waals surface area (Å²) in [4.78, 5) is 41.3. The van der Waals surface area contributed by atoms with Crippen molar-refractivity contribution in [2.24, 2.45) is 5.10 Å². The first kappa shape index (κ1) is 24.5. The van der Waals surface area contributed by atoms with Crippen LogP contribution in [0.15, 0.2) is 36.0 Å². The van der Waals surface area contributed by atoms with E-state index in [0.29, 0.717) is 23.3 Å². The van der Waals surface area contributed by atoms with E-state index in [4.69, 9.17) is 11.6 Å². The van der Waals surface area contributed by atoms with E-state index in [2.05, 4.69) is 41.1 Å². The molecular formula is C20H16ClF3N8O2S. The Morgan fingerprint density at radius 1 is 1.17 bits per heavy atom. The molecule has 2 amide bonds. The molecule has 1 aliphatic rings. The number of thiazole rings is 1. The molecule has 3 aromatic heterocycles. The Morgan fingerprint density at radius 2 is 1.97 bits per heavy atom. The van der Waals surface area contributed by atoms with Crippen LogP contribution in [0.2, 0.25) is 5.02 Å². The number of hydrazone groups is 1. The number of amides is 2. The maximum atomic E-state index is 13.0. The second-order valence-electron chi connectivity index (χ2n) is 7.33. The zero-order valence-electron chi connectivity index (χ0n) is 17.8. The van der Waals surface area contributed by atoms with Crippen molar-refractivity contribution in [1.82, 2.24) is 30.7 Å². The summed E-state index contributed by atoms with van der Waals surface area (Å²) >= 11 is 6.52. The zero-order valence-corrected chi connectivity index (χ0v) is 19.4. The third-order valence-corrected chi connectivity index (χ3v) is 6.31. The van der Waals surface area contributed by atoms with Gasteiger partial charge in [-0.25, -0.2) is 19.9 Å². The van der Waals surface area contributed by atoms with E-state index in [9.17, 15) is 22.8 Å². The Morgan fingerprint density at radius 3 is 2.69 bits per heavy atom. The van der Waals surface area contributed by atoms with Crippen molar-refractivity contribution in [3.63, 3.8) is 0 Å². The molecule has 0 saturated heterocycles. The summed E-state index contributed by atoms with van der Waals surface area (Å²) in [5.41, 5.74) is 2.51. The summed E-state index contributed by atoms with van der Waals surface area (Å²) < 4.78 is 39.1. The molecule has 4 heterocycles. The molecule has 0 aromatic carbocycles. The quantitative estimate of drug-likeness (QED) is 0.450. The highest BCUT2D eigenvalue weighted by Gasteiger charge is 2.34. The predicted molar refractivity (Wildman–Crippen MR) is 121 cm³/mol. The fraction of sp³-hybridized carbons (Fsp3) is 0.250. The summed E-state index contributed by atoms with van der Waals surface area (Å²) in [5, 5.41) is 8.80. The minimum atomic E-state index is -4.70. The SMILES string of the molecule is CC(NC(=O)c1cc(C2C=NNC2)ncn1)c1ncc(C(=O)Nc2cc(C(F)(F)F)c(Cl)cn2)s1. The molecule has 1 aliphatic heterocycles. The van der Waals surface area contributed by atoms with Gasteiger partial charge in [-0.2, -0.15) is 18.3 Å². The summed E-state index contributed by atoms with van der Waals surface area (Å²) in [6.45, 7) is 2.24. The minimum Gasteiger partial charge on any atom is -0.342 e. The highest BCUT2D eigenvalue weighted by molar-refractivity contribution is 7.13. The number of carbonyl (C=O) groups excluding carboxylic acids is 2. The van der Waals surface area contributed by atoms with Crippen LogP contribution in [0.25, 0.3) is 0 Å². The lowest BCUT2D eigenvalue weighted by molar-refractivity contribution is -0.137. The lowest BCUT2D eigenvalue weighted by Crippen LogP contribution is -2.27. The number of alkyl halides is 3. The molecule has 0 fully saturated rings. The Hall–Kier alpha value is -3.65. The molecule has 10 nitrogen and oxygen atoms in total. The molecule has 15 heteroatoms. The van der Waals surface area contributed by atoms with Crippen LogP contribution in [-0.2, 0) is 6.18 Å². The van der Waals surface area contributed by atoms with Crippen molar-refractivity contribution in [2.75, 3.05) is 11.9 Å². The van der Waals surface area contributed by atoms with Crippen LogP contribution in [0.5, 0.6) is 0 Å². The number of nitrogens with one attached hydrogen (secondary N) is 3. The van der Waals surface area contributed by atoms with Gasteiger partial charge in [0.25, 0.3) is 11.8 Å². The minimum absolute atomic E-state index is 0.0654. The average Bonchev–Trinajstić information content (AvgIpc) is 3.52. The predicted octanol–water partition coefficient (Wildman–Crippen LogP) is 3.42. The highest BCUT2D eigenvalue weighted by Crippen LogP contribution is 2.35. The van der Waals surface area contributed by atoms with Gasteiger partial charge in [0.2, 0.25) is 0 Å². The Labute approximate surface area is 205 Å². The van der Waals surface area contributed by atoms with Gasteiger partial charge in [0, 0.05) is 19.0 Å². The average molecular weight is 525 g/mol. The van der Waals surface area contributed by atoms with Gasteiger partial charge in [0.05, 0.1) is 34.4 Å². The second-order valence-corrected chi connectivity index (χ2v) is 8.80. The first-order valence-corrected chi connectivity index (χ1v) is 11.2. The standard InChI is InChI=1S/C20H16ClF3N8O2S/c1-9(31-17(33)14-3-13(27-8-28-14)10-4-29-30-5-10)19-26-7-15(35-19)18(34)32-16-2-11(20(22,23)24)12(21)6-25-16/h2-4,6-10,30H,5H2,1H3,(H,31,33)(H,25,32,34). The summed E-state index contributed by atoms with van der Waals surface area (Å²) in [6, 6.07) is 1.64. The second kappa shape index (κ2) is 9.92. The van der Waals surface area contributed by atoms with Crippen molar-refractivity contribution < 1.29 is 22.8 Å². The van der Waals surface area contributed by atoms with E-state index in [1.807, 2.05) is 0 Å². The van der Waals surface area contributed by atoms with E-state index < -0.39 is 34.6 Å². The fourth-order valence-corrected chi connectivity index (χ4v) is 4.08. The van der Waals surface area contributed by atoms with E-state index in [1.54, 1.807) is 19.2 Å². The van der Waals surface area contributed by atoms with Gasteiger partial charge in [-0.15, -0.1) is 11.3 Å². The Balaban J connectivity index is 1.41. The van der Waals surface area contributed by atoms with Crippen LogP contribution in [-0.4, -0.2) is 44.5 Å². The maximum Gasteiger partial charge on any atom is 0.418 e. The summed E-state index contributed by atoms with van der Waals surface area (Å²) in [6.07, 6.45) is 0.356. The molecule has 35 heavy (non-hydrogen) atoms. The van der Waals surface area contributed by atoms with E-state index in [-0.39, 0.29) is 22.3 Å². The van der Waals surface area contributed by atoms with Gasteiger partial charge in [-0.05, 0) is 19.1 Å². The Bertz CT molecular complexity index is 1300. The van der Waals surface area contributed by atoms with Gasteiger partial charge in [0.1, 0.15) is 27.7 Å². The van der Waals surface area contributed by atoms with Crippen molar-refractivity contribution in [1.29, 1.82) is 0 Å². The number of nitrogens with zero attached hydrogens (tertiary/aromatic N) is 5. The van der Waals surface area contributed by atoms with Crippen molar-refractivity contribution in [3.8, 4) is 0 Å². The van der Waals surface area contributed by atoms with Gasteiger partial charge in [-0.1, -0.05) is 11.6 Å². The molecule has 2 unspecified atom stereocenters. The van der Waals surface area contributed by atoms with Crippen LogP contribution in [0.3, 0.4) is 0 Å². The zero-order chi connectivity index (χ0) is 25.2. The van der Waals surface area contributed by atoms with Crippen LogP contribution >= 0.6 is 22.9 Å². The Kier molecular flexibility index (Phi) is 6.93. The summed E-state index contributed by atoms with van der Waals surface area (Å²) in [7, 11) is 0. The lowest BCUT2D eigenvalue weighted by Gasteiger charge is -2.12. The van der Waals surface area contributed by atoms with Crippen LogP contribution in [0.1, 0.15) is 55.3 Å². The molecule has 0 spiro atoms. The molecule has 0 bridgehead atoms. The first-order valence-electron chi connectivity index (χ1n) is 10.0. The van der Waals surface area contributed by atoms with Crippen molar-refractivity contribution in [2.45, 2.75) is 25.1 Å². The van der Waals surface area contributed by atoms with Crippen molar-refractivity contribution >= 4 is 46.8 Å². The molecule has 3 aromatic rings. The van der Waals surface area contributed by atoms with E-state index in [0.717, 1.165) is 17.5 Å². The van der Waals surface area contributed by atoms with Gasteiger partial charge in [-0.3, -0.25) is 9.59 Å². The normalized spacial score (nSPS) is 16.0. The molecular weight excluding hydrogens is 509 g/mol. The highest BCUT2D eigenvalue weighted by atomic mass is 35.5. The van der Waals surface area contributed by atoms with Gasteiger partial charge in [0.15, 0.2) is 0 Å². The number of pyridine rings is 1. The van der Waals surface area contributed by atoms with Crippen molar-refractivity contribution in [3.05, 3.63) is 62.7 Å². The molecule has 2 atom stereocenters.